The molecule has 4 N–H and O–H groups in total. The molecule has 0 amide bonds. The number of carbonyl (C=O) groups excluding carboxylic acids is 1. The summed E-state index contributed by atoms with van der Waals surface area (Å²) < 4.78 is 5.23. The number of methoxy groups -OCH3 is 1. The minimum Gasteiger partial charge on any atom is -0.497 e. The number of nitrogens with two attached hydrogens (primary N) is 1. The minimum atomic E-state index is -0.240. The van der Waals surface area contributed by atoms with E-state index in [-0.39, 0.29) is 11.5 Å². The van der Waals surface area contributed by atoms with E-state index in [1.807, 2.05) is 54.6 Å². The predicted octanol–water partition coefficient (Wildman–Crippen LogP) is 6.19. The summed E-state index contributed by atoms with van der Waals surface area (Å²) in [6.45, 7) is 0. The number of aromatic nitrogens is 1. The van der Waals surface area contributed by atoms with Crippen LogP contribution in [0.4, 0.5) is 17.2 Å². The van der Waals surface area contributed by atoms with Crippen LogP contribution in [0.3, 0.4) is 0 Å². The fraction of sp³-hybridized carbons (Fsp3) is 0.0769. The maximum atomic E-state index is 13.2. The third-order valence-electron chi connectivity index (χ3n) is 5.22. The Morgan fingerprint density at radius 3 is 2.33 bits per heavy atom. The Kier molecular flexibility index (Phi) is 6.77. The van der Waals surface area contributed by atoms with Crippen molar-refractivity contribution < 1.29 is 9.53 Å². The largest absolute Gasteiger partial charge is 0.497 e. The zero-order valence-electron chi connectivity index (χ0n) is 17.9. The predicted molar refractivity (Wildman–Crippen MR) is 138 cm³/mol. The third kappa shape index (κ3) is 5.08. The molecule has 0 bridgehead atoms. The number of ketones is 1. The zero-order valence-corrected chi connectivity index (χ0v) is 19.5. The lowest BCUT2D eigenvalue weighted by atomic mass is 10.0. The number of ether oxygens (including phenoxy) is 1. The van der Waals surface area contributed by atoms with Gasteiger partial charge in [-0.05, 0) is 54.1 Å². The lowest BCUT2D eigenvalue weighted by Gasteiger charge is -2.10. The first-order valence-electron chi connectivity index (χ1n) is 10.3. The number of nitrogen functional groups attached to an aromatic ring is 1. The van der Waals surface area contributed by atoms with E-state index in [9.17, 15) is 4.79 Å². The lowest BCUT2D eigenvalue weighted by molar-refractivity contribution is 0.103. The molecular formula is C26H22ClN3O2S. The molecule has 0 unspecified atom stereocenters. The molecular weight excluding hydrogens is 454 g/mol. The molecule has 3 aromatic carbocycles. The molecule has 5 nitrogen and oxygen atoms in total. The molecule has 4 rings (SSSR count). The maximum Gasteiger partial charge on any atom is 0.211 e. The van der Waals surface area contributed by atoms with Gasteiger partial charge in [0.05, 0.1) is 18.4 Å². The van der Waals surface area contributed by atoms with E-state index in [1.54, 1.807) is 31.4 Å². The summed E-state index contributed by atoms with van der Waals surface area (Å²) in [5, 5.41) is 3.87. The van der Waals surface area contributed by atoms with Gasteiger partial charge < -0.3 is 20.8 Å². The summed E-state index contributed by atoms with van der Waals surface area (Å²) in [6.07, 6.45) is 0.518. The van der Waals surface area contributed by atoms with Crippen LogP contribution in [-0.2, 0) is 6.42 Å². The van der Waals surface area contributed by atoms with Gasteiger partial charge >= 0.3 is 0 Å². The highest BCUT2D eigenvalue weighted by atomic mass is 35.5. The van der Waals surface area contributed by atoms with Crippen molar-refractivity contribution in [2.75, 3.05) is 18.2 Å². The van der Waals surface area contributed by atoms with Crippen LogP contribution in [-0.4, -0.2) is 22.7 Å². The van der Waals surface area contributed by atoms with Crippen molar-refractivity contribution in [3.05, 3.63) is 106 Å². The third-order valence-corrected chi connectivity index (χ3v) is 5.82. The van der Waals surface area contributed by atoms with Gasteiger partial charge in [-0.1, -0.05) is 54.2 Å². The smallest absolute Gasteiger partial charge is 0.211 e. The number of rotatable bonds is 8. The average molecular weight is 476 g/mol. The zero-order chi connectivity index (χ0) is 23.4. The molecule has 0 saturated heterocycles. The highest BCUT2D eigenvalue weighted by Crippen LogP contribution is 2.32. The topological polar surface area (TPSA) is 80.1 Å². The van der Waals surface area contributed by atoms with Gasteiger partial charge in [0.15, 0.2) is 0 Å². The number of carbonyl (C=O) groups is 1. The molecule has 166 valence electrons. The summed E-state index contributed by atoms with van der Waals surface area (Å²) in [5.74, 6) is 1.07. The Bertz CT molecular complexity index is 1280. The molecule has 0 aliphatic rings. The summed E-state index contributed by atoms with van der Waals surface area (Å²) >= 11 is 11.8. The molecule has 0 atom stereocenters. The van der Waals surface area contributed by atoms with Crippen LogP contribution in [0, 0.1) is 0 Å². The molecule has 1 heterocycles. The van der Waals surface area contributed by atoms with Gasteiger partial charge in [-0.2, -0.15) is 0 Å². The second kappa shape index (κ2) is 9.90. The normalized spacial score (nSPS) is 10.6. The average Bonchev–Trinajstić information content (AvgIpc) is 3.16. The van der Waals surface area contributed by atoms with Crippen LogP contribution >= 0.6 is 23.8 Å². The number of H-pyrrole nitrogens is 1. The monoisotopic (exact) mass is 475 g/mol. The minimum absolute atomic E-state index is 0.240. The number of halogens is 1. The number of nitrogens with one attached hydrogen (secondary N) is 2. The van der Waals surface area contributed by atoms with E-state index in [0.29, 0.717) is 38.9 Å². The van der Waals surface area contributed by atoms with E-state index < -0.39 is 0 Å². The quantitative estimate of drug-likeness (QED) is 0.209. The molecule has 0 saturated carbocycles. The van der Waals surface area contributed by atoms with E-state index in [1.165, 1.54) is 0 Å². The van der Waals surface area contributed by atoms with Crippen LogP contribution < -0.4 is 15.8 Å². The van der Waals surface area contributed by atoms with E-state index in [0.717, 1.165) is 17.0 Å². The highest BCUT2D eigenvalue weighted by molar-refractivity contribution is 7.80. The maximum absolute atomic E-state index is 13.2. The van der Waals surface area contributed by atoms with Crippen molar-refractivity contribution in [2.45, 2.75) is 6.42 Å². The van der Waals surface area contributed by atoms with Crippen molar-refractivity contribution in [1.82, 2.24) is 4.98 Å². The first-order chi connectivity index (χ1) is 16.0. The number of anilines is 3. The molecule has 0 radical (unpaired) electrons. The van der Waals surface area contributed by atoms with E-state index in [4.69, 9.17) is 34.3 Å². The molecule has 7 heteroatoms. The number of benzene rings is 3. The Labute approximate surface area is 202 Å². The Morgan fingerprint density at radius 1 is 1.03 bits per heavy atom. The fourth-order valence-electron chi connectivity index (χ4n) is 3.51. The Hall–Kier alpha value is -3.61. The second-order valence-electron chi connectivity index (χ2n) is 7.44. The Balaban J connectivity index is 1.73. The van der Waals surface area contributed by atoms with Crippen molar-refractivity contribution in [2.24, 2.45) is 0 Å². The second-order valence-corrected chi connectivity index (χ2v) is 8.37. The van der Waals surface area contributed by atoms with Crippen molar-refractivity contribution in [1.29, 1.82) is 0 Å². The summed E-state index contributed by atoms with van der Waals surface area (Å²) in [4.78, 5) is 17.0. The summed E-state index contributed by atoms with van der Waals surface area (Å²) in [6, 6.07) is 24.0. The first kappa shape index (κ1) is 22.6. The molecule has 0 fully saturated rings. The van der Waals surface area contributed by atoms with Gasteiger partial charge in [0.25, 0.3) is 0 Å². The van der Waals surface area contributed by atoms with Crippen LogP contribution in [0.1, 0.15) is 27.2 Å². The van der Waals surface area contributed by atoms with Crippen LogP contribution in [0.5, 0.6) is 5.75 Å². The molecule has 0 spiro atoms. The van der Waals surface area contributed by atoms with Crippen LogP contribution in [0.15, 0.2) is 78.9 Å². The van der Waals surface area contributed by atoms with Crippen LogP contribution in [0.25, 0.3) is 0 Å². The molecule has 0 aliphatic heterocycles. The number of hydrogen-bond donors (Lipinski definition) is 3. The fourth-order valence-corrected chi connectivity index (χ4v) is 4.02. The molecule has 0 aliphatic carbocycles. The van der Waals surface area contributed by atoms with Crippen molar-refractivity contribution >= 4 is 51.7 Å². The number of hydrogen-bond acceptors (Lipinski definition) is 5. The van der Waals surface area contributed by atoms with Gasteiger partial charge in [-0.25, -0.2) is 0 Å². The van der Waals surface area contributed by atoms with E-state index >= 15 is 0 Å². The first-order valence-corrected chi connectivity index (χ1v) is 11.0. The molecule has 4 aromatic rings. The molecule has 1 aromatic heterocycles. The summed E-state index contributed by atoms with van der Waals surface area (Å²) in [7, 11) is 1.61. The van der Waals surface area contributed by atoms with Gasteiger partial charge in [-0.15, -0.1) is 0 Å². The highest BCUT2D eigenvalue weighted by Gasteiger charge is 2.24. The van der Waals surface area contributed by atoms with Gasteiger partial charge in [0, 0.05) is 27.6 Å². The van der Waals surface area contributed by atoms with Gasteiger partial charge in [0.1, 0.15) is 17.3 Å². The Morgan fingerprint density at radius 2 is 1.70 bits per heavy atom. The van der Waals surface area contributed by atoms with Crippen LogP contribution in [0.2, 0.25) is 5.02 Å². The SMILES string of the molecule is COc1ccc(Nc2[nH]c(C(=O)c3ccc(Cl)cc3)c(N)c2C(=S)Cc2ccccc2)cc1. The van der Waals surface area contributed by atoms with Gasteiger partial charge in [-0.3, -0.25) is 4.79 Å². The number of aromatic amines is 1. The summed E-state index contributed by atoms with van der Waals surface area (Å²) in [5.41, 5.74) is 10.0. The molecule has 33 heavy (non-hydrogen) atoms. The van der Waals surface area contributed by atoms with E-state index in [2.05, 4.69) is 10.3 Å². The number of thiocarbonyl (C=S) groups is 1. The standard InChI is InChI=1S/C26H22ClN3O2S/c1-32-20-13-11-19(12-14-20)29-26-22(21(33)15-16-5-3-2-4-6-16)23(28)24(30-26)25(31)17-7-9-18(27)10-8-17/h2-14,29-30H,15,28H2,1H3. The lowest BCUT2D eigenvalue weighted by Crippen LogP contribution is -2.08. The van der Waals surface area contributed by atoms with Crippen molar-refractivity contribution in [3.8, 4) is 5.75 Å². The van der Waals surface area contributed by atoms with Crippen molar-refractivity contribution in [3.63, 3.8) is 0 Å². The van der Waals surface area contributed by atoms with Gasteiger partial charge in [0.2, 0.25) is 5.78 Å².